The highest BCUT2D eigenvalue weighted by atomic mass is 16.1. The highest BCUT2D eigenvalue weighted by Gasteiger charge is 2.64. The van der Waals surface area contributed by atoms with Crippen LogP contribution in [0.25, 0.3) is 0 Å². The first-order chi connectivity index (χ1) is 6.12. The van der Waals surface area contributed by atoms with E-state index in [9.17, 15) is 4.79 Å². The molecule has 1 amide bonds. The van der Waals surface area contributed by atoms with Crippen LogP contribution in [0.15, 0.2) is 0 Å². The maximum atomic E-state index is 10.4. The highest BCUT2D eigenvalue weighted by Crippen LogP contribution is 2.69. The molecule has 4 atom stereocenters. The van der Waals surface area contributed by atoms with Gasteiger partial charge in [0.1, 0.15) is 0 Å². The smallest absolute Gasteiger partial charge is 0.207 e. The highest BCUT2D eigenvalue weighted by molar-refractivity contribution is 5.47. The first kappa shape index (κ1) is 9.04. The summed E-state index contributed by atoms with van der Waals surface area (Å²) in [7, 11) is 0. The Morgan fingerprint density at radius 2 is 2.15 bits per heavy atom. The third kappa shape index (κ3) is 1.11. The molecular formula is C11H19NO. The Labute approximate surface area is 80.1 Å². The number of hydrogen-bond acceptors (Lipinski definition) is 1. The number of amides is 1. The summed E-state index contributed by atoms with van der Waals surface area (Å²) in [6.07, 6.45) is 3.46. The molecule has 0 unspecified atom stereocenters. The summed E-state index contributed by atoms with van der Waals surface area (Å²) < 4.78 is 0. The molecule has 2 rings (SSSR count). The van der Waals surface area contributed by atoms with Crippen molar-refractivity contribution in [1.82, 2.24) is 5.32 Å². The fourth-order valence-corrected chi connectivity index (χ4v) is 3.37. The van der Waals surface area contributed by atoms with Crippen molar-refractivity contribution in [1.29, 1.82) is 0 Å². The van der Waals surface area contributed by atoms with Crippen LogP contribution in [-0.4, -0.2) is 12.5 Å². The Bertz CT molecular complexity index is 226. The van der Waals surface area contributed by atoms with E-state index in [2.05, 4.69) is 26.1 Å². The summed E-state index contributed by atoms with van der Waals surface area (Å²) in [5.74, 6) is 2.34. The van der Waals surface area contributed by atoms with Crippen LogP contribution in [0.2, 0.25) is 0 Å². The molecule has 2 saturated carbocycles. The zero-order valence-corrected chi connectivity index (χ0v) is 8.71. The lowest BCUT2D eigenvalue weighted by Crippen LogP contribution is -2.32. The lowest BCUT2D eigenvalue weighted by molar-refractivity contribution is -0.110. The standard InChI is InChI=1S/C11H19NO/c1-7(2)11-4-9(11)8(3)10(5-11)12-6-13/h6-10H,4-5H2,1-3H3,(H,12,13)/t8-,9-,10+,11+/m1/s1. The minimum absolute atomic E-state index is 0.443. The van der Waals surface area contributed by atoms with Crippen molar-refractivity contribution >= 4 is 6.41 Å². The van der Waals surface area contributed by atoms with Gasteiger partial charge < -0.3 is 5.32 Å². The molecule has 2 aliphatic rings. The zero-order valence-electron chi connectivity index (χ0n) is 8.71. The Hall–Kier alpha value is -0.530. The molecule has 0 saturated heterocycles. The first-order valence-corrected chi connectivity index (χ1v) is 5.31. The Balaban J connectivity index is 2.06. The molecule has 0 aliphatic heterocycles. The van der Waals surface area contributed by atoms with Gasteiger partial charge in [0.05, 0.1) is 0 Å². The molecule has 2 nitrogen and oxygen atoms in total. The minimum Gasteiger partial charge on any atom is -0.356 e. The number of rotatable bonds is 3. The van der Waals surface area contributed by atoms with Gasteiger partial charge in [0.2, 0.25) is 6.41 Å². The second-order valence-electron chi connectivity index (χ2n) is 5.15. The van der Waals surface area contributed by atoms with Crippen LogP contribution < -0.4 is 5.32 Å². The van der Waals surface area contributed by atoms with Crippen molar-refractivity contribution in [2.45, 2.75) is 39.7 Å². The molecule has 0 spiro atoms. The first-order valence-electron chi connectivity index (χ1n) is 5.31. The van der Waals surface area contributed by atoms with E-state index in [1.165, 1.54) is 12.8 Å². The van der Waals surface area contributed by atoms with Gasteiger partial charge in [-0.25, -0.2) is 0 Å². The molecule has 2 aliphatic carbocycles. The van der Waals surface area contributed by atoms with Gasteiger partial charge in [-0.2, -0.15) is 0 Å². The van der Waals surface area contributed by atoms with Gasteiger partial charge in [0.15, 0.2) is 0 Å². The summed E-state index contributed by atoms with van der Waals surface area (Å²) in [6.45, 7) is 6.91. The summed E-state index contributed by atoms with van der Waals surface area (Å²) in [4.78, 5) is 10.4. The van der Waals surface area contributed by atoms with Gasteiger partial charge in [-0.15, -0.1) is 0 Å². The van der Waals surface area contributed by atoms with E-state index in [4.69, 9.17) is 0 Å². The number of carbonyl (C=O) groups is 1. The molecule has 2 heteroatoms. The van der Waals surface area contributed by atoms with Crippen LogP contribution in [-0.2, 0) is 4.79 Å². The van der Waals surface area contributed by atoms with E-state index < -0.39 is 0 Å². The van der Waals surface area contributed by atoms with Gasteiger partial charge in [-0.3, -0.25) is 4.79 Å². The lowest BCUT2D eigenvalue weighted by Gasteiger charge is -2.20. The van der Waals surface area contributed by atoms with Crippen LogP contribution >= 0.6 is 0 Å². The predicted octanol–water partition coefficient (Wildman–Crippen LogP) is 1.80. The van der Waals surface area contributed by atoms with Crippen molar-refractivity contribution in [2.24, 2.45) is 23.2 Å². The van der Waals surface area contributed by atoms with Gasteiger partial charge >= 0.3 is 0 Å². The third-order valence-corrected chi connectivity index (χ3v) is 4.48. The molecular weight excluding hydrogens is 162 g/mol. The largest absolute Gasteiger partial charge is 0.356 e. The van der Waals surface area contributed by atoms with E-state index in [0.717, 1.165) is 18.2 Å². The fraction of sp³-hybridized carbons (Fsp3) is 0.909. The van der Waals surface area contributed by atoms with Crippen molar-refractivity contribution in [3.05, 3.63) is 0 Å². The maximum absolute atomic E-state index is 10.4. The Morgan fingerprint density at radius 3 is 2.62 bits per heavy atom. The van der Waals surface area contributed by atoms with Gasteiger partial charge in [-0.1, -0.05) is 20.8 Å². The number of nitrogens with one attached hydrogen (secondary N) is 1. The molecule has 74 valence electrons. The third-order valence-electron chi connectivity index (χ3n) is 4.48. The summed E-state index contributed by atoms with van der Waals surface area (Å²) in [5, 5.41) is 2.95. The van der Waals surface area contributed by atoms with Gasteiger partial charge in [0, 0.05) is 6.04 Å². The monoisotopic (exact) mass is 181 g/mol. The molecule has 0 bridgehead atoms. The second kappa shape index (κ2) is 2.73. The number of carbonyl (C=O) groups excluding carboxylic acids is 1. The molecule has 1 N–H and O–H groups in total. The fourth-order valence-electron chi connectivity index (χ4n) is 3.37. The summed E-state index contributed by atoms with van der Waals surface area (Å²) in [6, 6.07) is 0.443. The molecule has 13 heavy (non-hydrogen) atoms. The maximum Gasteiger partial charge on any atom is 0.207 e. The quantitative estimate of drug-likeness (QED) is 0.661. The van der Waals surface area contributed by atoms with Crippen LogP contribution in [0.5, 0.6) is 0 Å². The molecule has 0 aromatic heterocycles. The van der Waals surface area contributed by atoms with Crippen LogP contribution in [0.4, 0.5) is 0 Å². The van der Waals surface area contributed by atoms with Crippen molar-refractivity contribution in [2.75, 3.05) is 0 Å². The second-order valence-corrected chi connectivity index (χ2v) is 5.15. The predicted molar refractivity (Wildman–Crippen MR) is 52.1 cm³/mol. The summed E-state index contributed by atoms with van der Waals surface area (Å²) in [5.41, 5.74) is 0.583. The Kier molecular flexibility index (Phi) is 1.90. The molecule has 0 aromatic rings. The minimum atomic E-state index is 0.443. The van der Waals surface area contributed by atoms with Crippen molar-refractivity contribution in [3.8, 4) is 0 Å². The van der Waals surface area contributed by atoms with Crippen LogP contribution in [0, 0.1) is 23.2 Å². The number of fused-ring (bicyclic) bond motifs is 1. The topological polar surface area (TPSA) is 29.1 Å². The molecule has 0 heterocycles. The van der Waals surface area contributed by atoms with E-state index in [0.29, 0.717) is 17.4 Å². The van der Waals surface area contributed by atoms with Crippen LogP contribution in [0.1, 0.15) is 33.6 Å². The van der Waals surface area contributed by atoms with Gasteiger partial charge in [0.25, 0.3) is 0 Å². The van der Waals surface area contributed by atoms with E-state index in [-0.39, 0.29) is 0 Å². The SMILES string of the molecule is CC(C)[C@]12C[C@H](NC=O)[C@H](C)[C@H]1C2. The lowest BCUT2D eigenvalue weighted by atomic mass is 9.89. The molecule has 2 fully saturated rings. The van der Waals surface area contributed by atoms with E-state index >= 15 is 0 Å². The van der Waals surface area contributed by atoms with Crippen molar-refractivity contribution in [3.63, 3.8) is 0 Å². The molecule has 0 radical (unpaired) electrons. The van der Waals surface area contributed by atoms with Crippen LogP contribution in [0.3, 0.4) is 0 Å². The van der Waals surface area contributed by atoms with Gasteiger partial charge in [-0.05, 0) is 36.0 Å². The van der Waals surface area contributed by atoms with E-state index in [1.807, 2.05) is 0 Å². The zero-order chi connectivity index (χ0) is 9.64. The summed E-state index contributed by atoms with van der Waals surface area (Å²) >= 11 is 0. The van der Waals surface area contributed by atoms with Crippen molar-refractivity contribution < 1.29 is 4.79 Å². The average Bonchev–Trinajstić information content (AvgIpc) is 2.73. The number of hydrogen-bond donors (Lipinski definition) is 1. The Morgan fingerprint density at radius 1 is 1.46 bits per heavy atom. The van der Waals surface area contributed by atoms with E-state index in [1.54, 1.807) is 0 Å². The molecule has 0 aromatic carbocycles. The average molecular weight is 181 g/mol. The normalized spacial score (nSPS) is 47.5.